The van der Waals surface area contributed by atoms with Gasteiger partial charge in [0.05, 0.1) is 12.8 Å². The smallest absolute Gasteiger partial charge is 0.140 e. The molecule has 1 aromatic heterocycles. The molecule has 0 fully saturated rings. The molecule has 1 heterocycles. The van der Waals surface area contributed by atoms with Crippen LogP contribution in [-0.2, 0) is 0 Å². The predicted octanol–water partition coefficient (Wildman–Crippen LogP) is 1.79. The fraction of sp³-hybridized carbons (Fsp3) is 0.375. The summed E-state index contributed by atoms with van der Waals surface area (Å²) in [5, 5.41) is 0. The minimum atomic E-state index is 0.701. The maximum atomic E-state index is 5.27. The Bertz CT molecular complexity index is 210. The van der Waals surface area contributed by atoms with Crippen LogP contribution in [0.25, 0.3) is 0 Å². The van der Waals surface area contributed by atoms with Crippen molar-refractivity contribution in [3.63, 3.8) is 0 Å². The maximum Gasteiger partial charge on any atom is 0.140 e. The number of ether oxygens (including phenoxy) is 1. The SMILES string of the molecule is CCOc1cnccc1C. The molecule has 0 N–H and O–H groups in total. The number of rotatable bonds is 2. The summed E-state index contributed by atoms with van der Waals surface area (Å²) in [7, 11) is 0. The maximum absolute atomic E-state index is 5.27. The second-order valence-corrected chi connectivity index (χ2v) is 2.07. The van der Waals surface area contributed by atoms with E-state index in [1.54, 1.807) is 12.4 Å². The summed E-state index contributed by atoms with van der Waals surface area (Å²) in [5.74, 6) is 0.880. The van der Waals surface area contributed by atoms with Crippen molar-refractivity contribution in [3.8, 4) is 5.75 Å². The van der Waals surface area contributed by atoms with Crippen molar-refractivity contribution < 1.29 is 4.74 Å². The first-order chi connectivity index (χ1) is 4.84. The molecule has 0 aliphatic rings. The van der Waals surface area contributed by atoms with E-state index in [-0.39, 0.29) is 0 Å². The van der Waals surface area contributed by atoms with E-state index in [2.05, 4.69) is 4.98 Å². The van der Waals surface area contributed by atoms with Gasteiger partial charge in [0, 0.05) is 6.20 Å². The highest BCUT2D eigenvalue weighted by atomic mass is 16.5. The normalized spacial score (nSPS) is 9.40. The van der Waals surface area contributed by atoms with Gasteiger partial charge in [-0.3, -0.25) is 4.98 Å². The van der Waals surface area contributed by atoms with Gasteiger partial charge in [-0.25, -0.2) is 0 Å². The summed E-state index contributed by atoms with van der Waals surface area (Å²) in [5.41, 5.74) is 1.14. The van der Waals surface area contributed by atoms with E-state index in [0.29, 0.717) is 6.61 Å². The lowest BCUT2D eigenvalue weighted by Crippen LogP contribution is -1.93. The van der Waals surface area contributed by atoms with Gasteiger partial charge >= 0.3 is 0 Å². The molecule has 0 spiro atoms. The van der Waals surface area contributed by atoms with Crippen LogP contribution in [0.3, 0.4) is 0 Å². The highest BCUT2D eigenvalue weighted by Gasteiger charge is 1.94. The Morgan fingerprint density at radius 2 is 2.40 bits per heavy atom. The molecule has 1 rings (SSSR count). The lowest BCUT2D eigenvalue weighted by atomic mass is 10.3. The van der Waals surface area contributed by atoms with Crippen molar-refractivity contribution in [1.82, 2.24) is 4.98 Å². The molecular formula is C8H11NO. The largest absolute Gasteiger partial charge is 0.492 e. The van der Waals surface area contributed by atoms with Crippen molar-refractivity contribution >= 4 is 0 Å². The van der Waals surface area contributed by atoms with E-state index < -0.39 is 0 Å². The fourth-order valence-electron chi connectivity index (χ4n) is 0.756. The molecule has 0 saturated carbocycles. The zero-order valence-corrected chi connectivity index (χ0v) is 6.29. The van der Waals surface area contributed by atoms with Crippen molar-refractivity contribution in [2.75, 3.05) is 6.61 Å². The zero-order valence-electron chi connectivity index (χ0n) is 6.29. The van der Waals surface area contributed by atoms with Gasteiger partial charge in [0.2, 0.25) is 0 Å². The van der Waals surface area contributed by atoms with Gasteiger partial charge in [-0.2, -0.15) is 0 Å². The first-order valence-electron chi connectivity index (χ1n) is 3.38. The summed E-state index contributed by atoms with van der Waals surface area (Å²) in [6, 6.07) is 1.94. The number of pyridine rings is 1. The minimum Gasteiger partial charge on any atom is -0.492 e. The second kappa shape index (κ2) is 3.20. The molecule has 2 nitrogen and oxygen atoms in total. The van der Waals surface area contributed by atoms with Crippen LogP contribution in [0.1, 0.15) is 12.5 Å². The Morgan fingerprint density at radius 1 is 1.60 bits per heavy atom. The molecule has 54 valence electrons. The van der Waals surface area contributed by atoms with E-state index in [4.69, 9.17) is 4.74 Å². The summed E-state index contributed by atoms with van der Waals surface area (Å²) in [4.78, 5) is 3.94. The second-order valence-electron chi connectivity index (χ2n) is 2.07. The van der Waals surface area contributed by atoms with Gasteiger partial charge in [-0.1, -0.05) is 0 Å². The van der Waals surface area contributed by atoms with Gasteiger partial charge < -0.3 is 4.74 Å². The van der Waals surface area contributed by atoms with Gasteiger partial charge in [-0.05, 0) is 25.5 Å². The van der Waals surface area contributed by atoms with Crippen molar-refractivity contribution in [2.45, 2.75) is 13.8 Å². The van der Waals surface area contributed by atoms with E-state index in [0.717, 1.165) is 11.3 Å². The molecule has 0 aromatic carbocycles. The van der Waals surface area contributed by atoms with Crippen LogP contribution < -0.4 is 4.74 Å². The quantitative estimate of drug-likeness (QED) is 0.620. The van der Waals surface area contributed by atoms with E-state index >= 15 is 0 Å². The highest BCUT2D eigenvalue weighted by Crippen LogP contribution is 2.13. The molecule has 0 aliphatic carbocycles. The standard InChI is InChI=1S/C8H11NO/c1-3-10-8-6-9-5-4-7(8)2/h4-6H,3H2,1-2H3. The van der Waals surface area contributed by atoms with Crippen molar-refractivity contribution in [1.29, 1.82) is 0 Å². The van der Waals surface area contributed by atoms with Gasteiger partial charge in [0.25, 0.3) is 0 Å². The number of hydrogen-bond donors (Lipinski definition) is 0. The Balaban J connectivity index is 2.81. The highest BCUT2D eigenvalue weighted by molar-refractivity contribution is 5.27. The monoisotopic (exact) mass is 137 g/mol. The van der Waals surface area contributed by atoms with E-state index in [1.807, 2.05) is 19.9 Å². The third kappa shape index (κ3) is 1.47. The Labute approximate surface area is 60.9 Å². The van der Waals surface area contributed by atoms with Crippen molar-refractivity contribution in [2.24, 2.45) is 0 Å². The van der Waals surface area contributed by atoms with Gasteiger partial charge in [-0.15, -0.1) is 0 Å². The first-order valence-corrected chi connectivity index (χ1v) is 3.38. The first kappa shape index (κ1) is 7.06. The molecule has 10 heavy (non-hydrogen) atoms. The summed E-state index contributed by atoms with van der Waals surface area (Å²) in [6.45, 7) is 4.67. The lowest BCUT2D eigenvalue weighted by Gasteiger charge is -2.03. The van der Waals surface area contributed by atoms with Crippen LogP contribution in [-0.4, -0.2) is 11.6 Å². The third-order valence-electron chi connectivity index (χ3n) is 1.29. The number of aromatic nitrogens is 1. The summed E-state index contributed by atoms with van der Waals surface area (Å²) < 4.78 is 5.27. The van der Waals surface area contributed by atoms with Crippen LogP contribution in [0.5, 0.6) is 5.75 Å². The van der Waals surface area contributed by atoms with E-state index in [9.17, 15) is 0 Å². The molecule has 0 radical (unpaired) electrons. The number of hydrogen-bond acceptors (Lipinski definition) is 2. The molecule has 1 aromatic rings. The van der Waals surface area contributed by atoms with Gasteiger partial charge in [0.1, 0.15) is 5.75 Å². The molecule has 0 atom stereocenters. The molecule has 0 unspecified atom stereocenters. The Morgan fingerprint density at radius 3 is 3.00 bits per heavy atom. The van der Waals surface area contributed by atoms with Crippen LogP contribution in [0.2, 0.25) is 0 Å². The Kier molecular flexibility index (Phi) is 2.26. The Hall–Kier alpha value is -1.05. The molecule has 0 saturated heterocycles. The topological polar surface area (TPSA) is 22.1 Å². The fourth-order valence-corrected chi connectivity index (χ4v) is 0.756. The molecule has 0 aliphatic heterocycles. The predicted molar refractivity (Wildman–Crippen MR) is 40.1 cm³/mol. The van der Waals surface area contributed by atoms with Gasteiger partial charge in [0.15, 0.2) is 0 Å². The average molecular weight is 137 g/mol. The number of aryl methyl sites for hydroxylation is 1. The third-order valence-corrected chi connectivity index (χ3v) is 1.29. The summed E-state index contributed by atoms with van der Waals surface area (Å²) >= 11 is 0. The van der Waals surface area contributed by atoms with E-state index in [1.165, 1.54) is 0 Å². The summed E-state index contributed by atoms with van der Waals surface area (Å²) in [6.07, 6.45) is 3.50. The van der Waals surface area contributed by atoms with Crippen molar-refractivity contribution in [3.05, 3.63) is 24.0 Å². The molecular weight excluding hydrogens is 126 g/mol. The molecule has 0 amide bonds. The number of nitrogens with zero attached hydrogens (tertiary/aromatic N) is 1. The average Bonchev–Trinajstić information content (AvgIpc) is 1.94. The zero-order chi connectivity index (χ0) is 7.40. The minimum absolute atomic E-state index is 0.701. The molecule has 2 heteroatoms. The molecule has 0 bridgehead atoms. The lowest BCUT2D eigenvalue weighted by molar-refractivity contribution is 0.336. The van der Waals surface area contributed by atoms with Crippen LogP contribution >= 0.6 is 0 Å². The van der Waals surface area contributed by atoms with Crippen LogP contribution in [0.4, 0.5) is 0 Å². The van der Waals surface area contributed by atoms with Crippen LogP contribution in [0, 0.1) is 6.92 Å². The van der Waals surface area contributed by atoms with Crippen LogP contribution in [0.15, 0.2) is 18.5 Å².